The molecule has 0 bridgehead atoms. The summed E-state index contributed by atoms with van der Waals surface area (Å²) in [5.41, 5.74) is 7.67. The van der Waals surface area contributed by atoms with Crippen molar-refractivity contribution in [3.8, 4) is 17.0 Å². The summed E-state index contributed by atoms with van der Waals surface area (Å²) < 4.78 is 0. The molecule has 26 heavy (non-hydrogen) atoms. The molecule has 4 N–H and O–H groups in total. The van der Waals surface area contributed by atoms with Crippen molar-refractivity contribution in [1.29, 1.82) is 0 Å². The monoisotopic (exact) mass is 354 g/mol. The number of piperidine rings is 1. The van der Waals surface area contributed by atoms with Gasteiger partial charge in [0.15, 0.2) is 5.82 Å². The van der Waals surface area contributed by atoms with E-state index in [0.29, 0.717) is 17.1 Å². The van der Waals surface area contributed by atoms with Gasteiger partial charge in [0, 0.05) is 24.6 Å². The molecule has 0 spiro atoms. The number of aliphatic hydroxyl groups is 1. The van der Waals surface area contributed by atoms with Crippen molar-refractivity contribution in [1.82, 2.24) is 10.2 Å². The van der Waals surface area contributed by atoms with Crippen LogP contribution >= 0.6 is 0 Å². The molecule has 1 aliphatic carbocycles. The number of anilines is 2. The van der Waals surface area contributed by atoms with E-state index >= 15 is 0 Å². The lowest BCUT2D eigenvalue weighted by Gasteiger charge is -2.45. The lowest BCUT2D eigenvalue weighted by Crippen LogP contribution is -2.51. The second-order valence-electron chi connectivity index (χ2n) is 7.61. The molecule has 0 amide bonds. The van der Waals surface area contributed by atoms with Crippen LogP contribution in [0.1, 0.15) is 38.5 Å². The van der Waals surface area contributed by atoms with Crippen LogP contribution in [0.25, 0.3) is 11.3 Å². The zero-order valence-corrected chi connectivity index (χ0v) is 14.9. The summed E-state index contributed by atoms with van der Waals surface area (Å²) >= 11 is 0. The smallest absolute Gasteiger partial charge is 0.169 e. The number of nitrogen functional groups attached to an aromatic ring is 1. The van der Waals surface area contributed by atoms with Gasteiger partial charge < -0.3 is 20.8 Å². The van der Waals surface area contributed by atoms with Gasteiger partial charge in [0.2, 0.25) is 0 Å². The van der Waals surface area contributed by atoms with Crippen LogP contribution in [0.5, 0.6) is 5.75 Å². The number of hydrogen-bond donors (Lipinski definition) is 3. The predicted octanol–water partition coefficient (Wildman–Crippen LogP) is 2.95. The fraction of sp³-hybridized carbons (Fsp3) is 0.500. The standard InChI is InChI=1S/C20H26N4O2/c21-19-17(12-16(22-23-19)15-7-3-4-8-18(15)25)24-11-10-20(26)9-5-1-2-6-14(20)13-24/h3-4,7-8,12,14,25-26H,1-2,5-6,9-11,13H2,(H2,21,23)/t14-,20-/m1/s1. The summed E-state index contributed by atoms with van der Waals surface area (Å²) in [5, 5.41) is 29.5. The van der Waals surface area contributed by atoms with Crippen LogP contribution in [0.4, 0.5) is 11.5 Å². The Bertz CT molecular complexity index is 797. The molecule has 6 heteroatoms. The van der Waals surface area contributed by atoms with E-state index in [9.17, 15) is 10.2 Å². The van der Waals surface area contributed by atoms with Crippen molar-refractivity contribution in [2.75, 3.05) is 23.7 Å². The Morgan fingerprint density at radius 3 is 2.81 bits per heavy atom. The summed E-state index contributed by atoms with van der Waals surface area (Å²) in [6.45, 7) is 1.54. The van der Waals surface area contributed by atoms with Gasteiger partial charge in [-0.25, -0.2) is 0 Å². The summed E-state index contributed by atoms with van der Waals surface area (Å²) in [7, 11) is 0. The summed E-state index contributed by atoms with van der Waals surface area (Å²) in [4.78, 5) is 2.22. The Balaban J connectivity index is 1.64. The first-order valence-electron chi connectivity index (χ1n) is 9.46. The highest BCUT2D eigenvalue weighted by Crippen LogP contribution is 2.41. The van der Waals surface area contributed by atoms with Crippen LogP contribution in [-0.2, 0) is 0 Å². The average molecular weight is 354 g/mol. The normalized spacial score (nSPS) is 26.2. The SMILES string of the molecule is Nc1nnc(-c2ccccc2O)cc1N1CC[C@]2(O)CCCCC[C@@H]2C1. The number of phenolic OH excluding ortho intramolecular Hbond substituents is 1. The van der Waals surface area contributed by atoms with Crippen LogP contribution in [0.2, 0.25) is 0 Å². The Kier molecular flexibility index (Phi) is 4.44. The van der Waals surface area contributed by atoms with Gasteiger partial charge in [0.1, 0.15) is 5.75 Å². The molecule has 4 rings (SSSR count). The fourth-order valence-electron chi connectivity index (χ4n) is 4.43. The Labute approximate surface area is 153 Å². The molecule has 1 aromatic heterocycles. The molecular formula is C20H26N4O2. The van der Waals surface area contributed by atoms with Gasteiger partial charge in [0.25, 0.3) is 0 Å². The van der Waals surface area contributed by atoms with Crippen molar-refractivity contribution in [3.05, 3.63) is 30.3 Å². The molecule has 2 atom stereocenters. The minimum absolute atomic E-state index is 0.175. The second-order valence-corrected chi connectivity index (χ2v) is 7.61. The van der Waals surface area contributed by atoms with E-state index in [1.165, 1.54) is 12.8 Å². The summed E-state index contributed by atoms with van der Waals surface area (Å²) in [5.74, 6) is 0.831. The predicted molar refractivity (Wildman–Crippen MR) is 102 cm³/mol. The number of aromatic hydroxyl groups is 1. The zero-order valence-electron chi connectivity index (χ0n) is 14.9. The lowest BCUT2D eigenvalue weighted by molar-refractivity contribution is -0.0392. The van der Waals surface area contributed by atoms with Crippen molar-refractivity contribution >= 4 is 11.5 Å². The molecule has 2 fully saturated rings. The number of phenols is 1. The number of aromatic nitrogens is 2. The molecule has 1 aliphatic heterocycles. The molecule has 2 heterocycles. The van der Waals surface area contributed by atoms with Crippen molar-refractivity contribution in [2.45, 2.75) is 44.1 Å². The number of rotatable bonds is 2. The molecule has 1 aromatic carbocycles. The maximum atomic E-state index is 11.1. The van der Waals surface area contributed by atoms with E-state index in [4.69, 9.17) is 5.73 Å². The van der Waals surface area contributed by atoms with Crippen molar-refractivity contribution in [2.24, 2.45) is 5.92 Å². The molecule has 2 aromatic rings. The molecular weight excluding hydrogens is 328 g/mol. The molecule has 0 unspecified atom stereocenters. The number of nitrogens with zero attached hydrogens (tertiary/aromatic N) is 3. The summed E-state index contributed by atoms with van der Waals surface area (Å²) in [6, 6.07) is 9.00. The largest absolute Gasteiger partial charge is 0.507 e. The van der Waals surface area contributed by atoms with Gasteiger partial charge in [-0.3, -0.25) is 0 Å². The van der Waals surface area contributed by atoms with E-state index in [-0.39, 0.29) is 11.7 Å². The third-order valence-corrected chi connectivity index (χ3v) is 6.00. The number of fused-ring (bicyclic) bond motifs is 1. The van der Waals surface area contributed by atoms with Crippen molar-refractivity contribution in [3.63, 3.8) is 0 Å². The average Bonchev–Trinajstić information content (AvgIpc) is 2.83. The molecule has 0 radical (unpaired) electrons. The first-order valence-corrected chi connectivity index (χ1v) is 9.46. The maximum Gasteiger partial charge on any atom is 0.169 e. The zero-order chi connectivity index (χ0) is 18.1. The van der Waals surface area contributed by atoms with E-state index < -0.39 is 5.60 Å². The van der Waals surface area contributed by atoms with Crippen LogP contribution in [0, 0.1) is 5.92 Å². The number of para-hydroxylation sites is 1. The van der Waals surface area contributed by atoms with Gasteiger partial charge >= 0.3 is 0 Å². The quantitative estimate of drug-likeness (QED) is 0.767. The highest BCUT2D eigenvalue weighted by atomic mass is 16.3. The van der Waals surface area contributed by atoms with E-state index in [1.807, 2.05) is 18.2 Å². The van der Waals surface area contributed by atoms with E-state index in [1.54, 1.807) is 12.1 Å². The molecule has 2 aliphatic rings. The number of hydrogen-bond acceptors (Lipinski definition) is 6. The van der Waals surface area contributed by atoms with Crippen LogP contribution in [0.3, 0.4) is 0 Å². The first-order chi connectivity index (χ1) is 12.6. The molecule has 6 nitrogen and oxygen atoms in total. The maximum absolute atomic E-state index is 11.1. The topological polar surface area (TPSA) is 95.5 Å². The van der Waals surface area contributed by atoms with E-state index in [0.717, 1.165) is 44.5 Å². The number of nitrogens with two attached hydrogens (primary N) is 1. The summed E-state index contributed by atoms with van der Waals surface area (Å²) in [6.07, 6.45) is 6.20. The molecule has 1 saturated carbocycles. The fourth-order valence-corrected chi connectivity index (χ4v) is 4.43. The highest BCUT2D eigenvalue weighted by Gasteiger charge is 2.42. The minimum atomic E-state index is -0.539. The third-order valence-electron chi connectivity index (χ3n) is 6.00. The Hall–Kier alpha value is -2.34. The molecule has 1 saturated heterocycles. The van der Waals surface area contributed by atoms with Crippen molar-refractivity contribution < 1.29 is 10.2 Å². The Morgan fingerprint density at radius 1 is 1.12 bits per heavy atom. The second kappa shape index (κ2) is 6.76. The Morgan fingerprint density at radius 2 is 1.96 bits per heavy atom. The first kappa shape index (κ1) is 17.1. The van der Waals surface area contributed by atoms with E-state index in [2.05, 4.69) is 15.1 Å². The van der Waals surface area contributed by atoms with Gasteiger partial charge in [-0.05, 0) is 37.5 Å². The van der Waals surface area contributed by atoms with Gasteiger partial charge in [-0.2, -0.15) is 0 Å². The minimum Gasteiger partial charge on any atom is -0.507 e. The van der Waals surface area contributed by atoms with Gasteiger partial charge in [-0.15, -0.1) is 10.2 Å². The van der Waals surface area contributed by atoms with Gasteiger partial charge in [-0.1, -0.05) is 31.4 Å². The lowest BCUT2D eigenvalue weighted by atomic mass is 9.77. The van der Waals surface area contributed by atoms with Crippen LogP contribution < -0.4 is 10.6 Å². The van der Waals surface area contributed by atoms with Crippen LogP contribution in [0.15, 0.2) is 30.3 Å². The molecule has 138 valence electrons. The highest BCUT2D eigenvalue weighted by molar-refractivity contribution is 5.74. The van der Waals surface area contributed by atoms with Gasteiger partial charge in [0.05, 0.1) is 17.0 Å². The third kappa shape index (κ3) is 3.09. The van der Waals surface area contributed by atoms with Crippen LogP contribution in [-0.4, -0.2) is 39.1 Å². The number of benzene rings is 1.